The van der Waals surface area contributed by atoms with E-state index < -0.39 is 18.0 Å². The lowest BCUT2D eigenvalue weighted by molar-refractivity contribution is -0.875. The maximum absolute atomic E-state index is 12.4. The number of likely N-dealkylation sites (N-methyl/N-ethyl adjacent to an activating group) is 1. The number of aliphatic hydroxyl groups is 1. The van der Waals surface area contributed by atoms with Gasteiger partial charge >= 0.3 is 0 Å². The van der Waals surface area contributed by atoms with E-state index in [-0.39, 0.29) is 24.7 Å². The smallest absolute Gasteiger partial charge is 0.177 e. The average Bonchev–Trinajstić information content (AvgIpc) is 2.31. The van der Waals surface area contributed by atoms with Crippen LogP contribution in [0.25, 0.3) is 0 Å². The number of ketones is 1. The first kappa shape index (κ1) is 21.1. The van der Waals surface area contributed by atoms with Crippen LogP contribution in [0.5, 0.6) is 0 Å². The third kappa shape index (κ3) is 9.15. The molecular weight excluding hydrogens is 282 g/mol. The van der Waals surface area contributed by atoms with Gasteiger partial charge in [-0.1, -0.05) is 46.0 Å². The lowest BCUT2D eigenvalue weighted by Crippen LogP contribution is -2.56. The Balaban J connectivity index is 4.66. The molecule has 0 aromatic carbocycles. The van der Waals surface area contributed by atoms with E-state index in [4.69, 9.17) is 0 Å². The van der Waals surface area contributed by atoms with Crippen LogP contribution in [0.4, 0.5) is 0 Å². The van der Waals surface area contributed by atoms with E-state index in [1.807, 2.05) is 28.1 Å². The van der Waals surface area contributed by atoms with Crippen molar-refractivity contribution in [2.75, 3.05) is 27.7 Å². The van der Waals surface area contributed by atoms with Crippen molar-refractivity contribution in [3.63, 3.8) is 0 Å². The first-order chi connectivity index (χ1) is 10.00. The van der Waals surface area contributed by atoms with Crippen molar-refractivity contribution in [1.82, 2.24) is 0 Å². The second kappa shape index (κ2) is 9.26. The molecule has 0 aliphatic carbocycles. The molecule has 0 aromatic heterocycles. The van der Waals surface area contributed by atoms with Gasteiger partial charge in [0, 0.05) is 18.8 Å². The van der Waals surface area contributed by atoms with Gasteiger partial charge in [0.15, 0.2) is 11.4 Å². The van der Waals surface area contributed by atoms with Crippen LogP contribution in [-0.2, 0) is 9.59 Å². The van der Waals surface area contributed by atoms with Gasteiger partial charge in [-0.2, -0.15) is 0 Å². The Morgan fingerprint density at radius 3 is 2.23 bits per heavy atom. The molecule has 5 heteroatoms. The van der Waals surface area contributed by atoms with E-state index in [0.29, 0.717) is 4.48 Å². The minimum atomic E-state index is -1.84. The molecule has 1 N–H and O–H groups in total. The number of rotatable bonds is 12. The first-order valence-electron chi connectivity index (χ1n) is 8.26. The summed E-state index contributed by atoms with van der Waals surface area (Å²) in [4.78, 5) is 23.3. The van der Waals surface area contributed by atoms with Crippen LogP contribution in [0.2, 0.25) is 0 Å². The molecule has 0 saturated carbocycles. The molecule has 0 amide bonds. The van der Waals surface area contributed by atoms with Crippen molar-refractivity contribution in [1.29, 1.82) is 0 Å². The molecule has 0 saturated heterocycles. The SMILES string of the molecule is CCCCCCC(C)CC(=O)C(O)(CC(=O)[O-])C[N+](C)(C)C. The van der Waals surface area contributed by atoms with Gasteiger partial charge in [0.25, 0.3) is 0 Å². The van der Waals surface area contributed by atoms with Gasteiger partial charge in [-0.25, -0.2) is 0 Å². The number of unbranched alkanes of at least 4 members (excludes halogenated alkanes) is 3. The van der Waals surface area contributed by atoms with E-state index in [0.717, 1.165) is 19.3 Å². The highest BCUT2D eigenvalue weighted by atomic mass is 16.4. The van der Waals surface area contributed by atoms with E-state index >= 15 is 0 Å². The van der Waals surface area contributed by atoms with Crippen LogP contribution in [0.1, 0.15) is 58.8 Å². The summed E-state index contributed by atoms with van der Waals surface area (Å²) in [7, 11) is 5.46. The summed E-state index contributed by atoms with van der Waals surface area (Å²) in [6, 6.07) is 0. The Hall–Kier alpha value is -0.940. The quantitative estimate of drug-likeness (QED) is 0.432. The second-order valence-electron chi connectivity index (χ2n) is 7.61. The van der Waals surface area contributed by atoms with Gasteiger partial charge < -0.3 is 19.5 Å². The van der Waals surface area contributed by atoms with Gasteiger partial charge in [-0.3, -0.25) is 4.79 Å². The standard InChI is InChI=1S/C17H33NO4/c1-6-7-8-9-10-14(2)11-15(19)17(22,12-16(20)21)13-18(3,4)5/h14,22H,6-13H2,1-5H3. The number of quaternary nitrogens is 1. The topological polar surface area (TPSA) is 77.4 Å². The molecule has 0 rings (SSSR count). The maximum atomic E-state index is 12.4. The summed E-state index contributed by atoms with van der Waals surface area (Å²) in [6.45, 7) is 4.20. The van der Waals surface area contributed by atoms with E-state index in [1.165, 1.54) is 12.8 Å². The van der Waals surface area contributed by atoms with Gasteiger partial charge in [0.1, 0.15) is 6.54 Å². The maximum Gasteiger partial charge on any atom is 0.177 e. The van der Waals surface area contributed by atoms with Gasteiger partial charge in [0.05, 0.1) is 21.1 Å². The summed E-state index contributed by atoms with van der Waals surface area (Å²) in [5, 5.41) is 21.5. The highest BCUT2D eigenvalue weighted by Gasteiger charge is 2.41. The number of carbonyl (C=O) groups excluding carboxylic acids is 2. The largest absolute Gasteiger partial charge is 0.550 e. The molecule has 130 valence electrons. The Morgan fingerprint density at radius 2 is 1.77 bits per heavy atom. The summed E-state index contributed by atoms with van der Waals surface area (Å²) in [6.07, 6.45) is 5.09. The number of nitrogens with zero attached hydrogens (tertiary/aromatic N) is 1. The van der Waals surface area contributed by atoms with Crippen LogP contribution < -0.4 is 5.11 Å². The number of hydrogen-bond donors (Lipinski definition) is 1. The Morgan fingerprint density at radius 1 is 1.18 bits per heavy atom. The minimum absolute atomic E-state index is 0.0718. The second-order valence-corrected chi connectivity index (χ2v) is 7.61. The third-order valence-corrected chi connectivity index (χ3v) is 3.78. The molecule has 0 aromatic rings. The molecule has 0 bridgehead atoms. The zero-order valence-electron chi connectivity index (χ0n) is 14.9. The highest BCUT2D eigenvalue weighted by Crippen LogP contribution is 2.22. The number of carboxylic acids is 1. The highest BCUT2D eigenvalue weighted by molar-refractivity contribution is 5.90. The predicted octanol–water partition coefficient (Wildman–Crippen LogP) is 1.13. The molecule has 0 fully saturated rings. The average molecular weight is 315 g/mol. The molecule has 5 nitrogen and oxygen atoms in total. The molecule has 0 aliphatic rings. The molecule has 22 heavy (non-hydrogen) atoms. The predicted molar refractivity (Wildman–Crippen MR) is 85.0 cm³/mol. The molecule has 2 atom stereocenters. The number of aliphatic carboxylic acids is 1. The molecular formula is C17H33NO4. The Labute approximate surface area is 134 Å². The molecule has 0 spiro atoms. The number of carbonyl (C=O) groups is 2. The van der Waals surface area contributed by atoms with Gasteiger partial charge in [0.2, 0.25) is 0 Å². The van der Waals surface area contributed by atoms with E-state index in [9.17, 15) is 19.8 Å². The van der Waals surface area contributed by atoms with E-state index in [2.05, 4.69) is 6.92 Å². The lowest BCUT2D eigenvalue weighted by Gasteiger charge is -2.35. The molecule has 0 aliphatic heterocycles. The van der Waals surface area contributed by atoms with Crippen LogP contribution in [0, 0.1) is 5.92 Å². The third-order valence-electron chi connectivity index (χ3n) is 3.78. The number of carboxylic acid groups (broad SMARTS) is 1. The fourth-order valence-electron chi connectivity index (χ4n) is 2.79. The Bertz CT molecular complexity index is 362. The van der Waals surface area contributed by atoms with Crippen LogP contribution >= 0.6 is 0 Å². The summed E-state index contributed by atoms with van der Waals surface area (Å²) in [5.41, 5.74) is -1.84. The Kier molecular flexibility index (Phi) is 8.86. The van der Waals surface area contributed by atoms with Crippen LogP contribution in [0.3, 0.4) is 0 Å². The fourth-order valence-corrected chi connectivity index (χ4v) is 2.79. The van der Waals surface area contributed by atoms with Crippen molar-refractivity contribution < 1.29 is 24.3 Å². The van der Waals surface area contributed by atoms with Crippen molar-refractivity contribution in [3.8, 4) is 0 Å². The van der Waals surface area contributed by atoms with Crippen molar-refractivity contribution in [2.45, 2.75) is 64.4 Å². The first-order valence-corrected chi connectivity index (χ1v) is 8.26. The van der Waals surface area contributed by atoms with Crippen molar-refractivity contribution >= 4 is 11.8 Å². The van der Waals surface area contributed by atoms with Gasteiger partial charge in [-0.05, 0) is 5.92 Å². The van der Waals surface area contributed by atoms with Crippen LogP contribution in [-0.4, -0.2) is 54.6 Å². The van der Waals surface area contributed by atoms with Gasteiger partial charge in [-0.15, -0.1) is 0 Å². The molecule has 2 unspecified atom stereocenters. The minimum Gasteiger partial charge on any atom is -0.550 e. The fraction of sp³-hybridized carbons (Fsp3) is 0.882. The monoisotopic (exact) mass is 315 g/mol. The normalized spacial score (nSPS) is 16.1. The molecule has 0 heterocycles. The zero-order valence-corrected chi connectivity index (χ0v) is 14.9. The van der Waals surface area contributed by atoms with E-state index in [1.54, 1.807) is 0 Å². The summed E-state index contributed by atoms with van der Waals surface area (Å²) < 4.78 is 0.320. The van der Waals surface area contributed by atoms with Crippen molar-refractivity contribution in [3.05, 3.63) is 0 Å². The van der Waals surface area contributed by atoms with Crippen LogP contribution in [0.15, 0.2) is 0 Å². The zero-order chi connectivity index (χ0) is 17.4. The summed E-state index contributed by atoms with van der Waals surface area (Å²) >= 11 is 0. The number of Topliss-reactive ketones (excluding diaryl/α,β-unsaturated/α-hetero) is 1. The molecule has 0 radical (unpaired) electrons. The lowest BCUT2D eigenvalue weighted by atomic mass is 9.86. The summed E-state index contributed by atoms with van der Waals surface area (Å²) in [5.74, 6) is -1.61. The van der Waals surface area contributed by atoms with Crippen molar-refractivity contribution in [2.24, 2.45) is 5.92 Å². The number of hydrogen-bond acceptors (Lipinski definition) is 4.